The lowest BCUT2D eigenvalue weighted by molar-refractivity contribution is 0.210. The zero-order valence-electron chi connectivity index (χ0n) is 14.8. The molecule has 140 valence electrons. The summed E-state index contributed by atoms with van der Waals surface area (Å²) in [6.07, 6.45) is 1.45. The molecule has 1 heterocycles. The number of nitrogens with zero attached hydrogens (tertiary/aromatic N) is 3. The molecule has 27 heavy (non-hydrogen) atoms. The number of hydrogen-bond acceptors (Lipinski definition) is 4. The minimum atomic E-state index is -0.336. The molecular formula is C20H19ClFN3OS. The van der Waals surface area contributed by atoms with Crippen molar-refractivity contribution in [2.24, 2.45) is 0 Å². The van der Waals surface area contributed by atoms with E-state index in [2.05, 4.69) is 16.8 Å². The molecule has 0 radical (unpaired) electrons. The van der Waals surface area contributed by atoms with E-state index in [1.165, 1.54) is 23.9 Å². The summed E-state index contributed by atoms with van der Waals surface area (Å²) in [4.78, 5) is 0. The molecule has 4 nitrogen and oxygen atoms in total. The monoisotopic (exact) mass is 403 g/mol. The third-order valence-corrected chi connectivity index (χ3v) is 5.19. The molecule has 3 aromatic rings. The van der Waals surface area contributed by atoms with Crippen LogP contribution >= 0.6 is 23.4 Å². The summed E-state index contributed by atoms with van der Waals surface area (Å²) in [5.74, 6) is 1.71. The zero-order chi connectivity index (χ0) is 19.2. The Balaban J connectivity index is 1.76. The largest absolute Gasteiger partial charge is 0.481 e. The van der Waals surface area contributed by atoms with Gasteiger partial charge in [-0.3, -0.25) is 4.57 Å². The van der Waals surface area contributed by atoms with Crippen LogP contribution in [0, 0.1) is 5.82 Å². The third-order valence-electron chi connectivity index (χ3n) is 3.84. The molecule has 0 amide bonds. The fourth-order valence-electron chi connectivity index (χ4n) is 2.52. The molecule has 1 aromatic heterocycles. The highest BCUT2D eigenvalue weighted by atomic mass is 35.5. The first-order chi connectivity index (χ1) is 13.1. The molecule has 7 heteroatoms. The molecule has 3 rings (SSSR count). The SMILES string of the molecule is C=CCn1c(SCc2ccc(F)cc2)nnc1C(C)Oc1ccccc1Cl. The standard InChI is InChI=1S/C20H19ClFN3OS/c1-3-12-25-19(14(2)26-18-7-5-4-6-17(18)21)23-24-20(25)27-13-15-8-10-16(22)11-9-15/h3-11,14H,1,12-13H2,2H3. The van der Waals surface area contributed by atoms with E-state index < -0.39 is 0 Å². The van der Waals surface area contributed by atoms with Crippen molar-refractivity contribution < 1.29 is 9.13 Å². The fourth-order valence-corrected chi connectivity index (χ4v) is 3.61. The summed E-state index contributed by atoms with van der Waals surface area (Å²) in [6.45, 7) is 6.28. The normalized spacial score (nSPS) is 12.0. The van der Waals surface area contributed by atoms with Crippen molar-refractivity contribution in [1.82, 2.24) is 14.8 Å². The Morgan fingerprint density at radius 2 is 1.96 bits per heavy atom. The number of rotatable bonds is 8. The Hall–Kier alpha value is -2.31. The quantitative estimate of drug-likeness (QED) is 0.358. The van der Waals surface area contributed by atoms with Gasteiger partial charge in [-0.25, -0.2) is 4.39 Å². The molecule has 0 saturated carbocycles. The lowest BCUT2D eigenvalue weighted by Crippen LogP contribution is -2.12. The van der Waals surface area contributed by atoms with Crippen molar-refractivity contribution in [2.45, 2.75) is 30.5 Å². The first-order valence-electron chi connectivity index (χ1n) is 8.41. The topological polar surface area (TPSA) is 39.9 Å². The molecule has 0 fully saturated rings. The van der Waals surface area contributed by atoms with Crippen LogP contribution in [0.3, 0.4) is 0 Å². The Morgan fingerprint density at radius 3 is 2.67 bits per heavy atom. The summed E-state index contributed by atoms with van der Waals surface area (Å²) in [7, 11) is 0. The second kappa shape index (κ2) is 9.06. The van der Waals surface area contributed by atoms with E-state index in [4.69, 9.17) is 16.3 Å². The number of halogens is 2. The summed E-state index contributed by atoms with van der Waals surface area (Å²) in [5, 5.41) is 9.90. The van der Waals surface area contributed by atoms with Crippen molar-refractivity contribution in [3.8, 4) is 5.75 Å². The van der Waals surface area contributed by atoms with Gasteiger partial charge in [0.15, 0.2) is 17.1 Å². The van der Waals surface area contributed by atoms with Crippen LogP contribution in [0.5, 0.6) is 5.75 Å². The van der Waals surface area contributed by atoms with Gasteiger partial charge in [-0.1, -0.05) is 53.7 Å². The van der Waals surface area contributed by atoms with Crippen molar-refractivity contribution in [2.75, 3.05) is 0 Å². The fraction of sp³-hybridized carbons (Fsp3) is 0.200. The molecule has 0 aliphatic rings. The van der Waals surface area contributed by atoms with Crippen molar-refractivity contribution in [3.05, 3.63) is 83.4 Å². The average molecular weight is 404 g/mol. The first kappa shape index (κ1) is 19.5. The Bertz CT molecular complexity index is 914. The summed E-state index contributed by atoms with van der Waals surface area (Å²) < 4.78 is 21.0. The summed E-state index contributed by atoms with van der Waals surface area (Å²) >= 11 is 7.71. The van der Waals surface area contributed by atoms with Crippen molar-refractivity contribution in [3.63, 3.8) is 0 Å². The molecule has 1 atom stereocenters. The number of benzene rings is 2. The van der Waals surface area contributed by atoms with Crippen molar-refractivity contribution >= 4 is 23.4 Å². The van der Waals surface area contributed by atoms with Crippen LogP contribution in [-0.4, -0.2) is 14.8 Å². The molecule has 0 saturated heterocycles. The molecule has 0 N–H and O–H groups in total. The van der Waals surface area contributed by atoms with Crippen LogP contribution in [0.15, 0.2) is 66.3 Å². The highest BCUT2D eigenvalue weighted by Crippen LogP contribution is 2.30. The van der Waals surface area contributed by atoms with Crippen LogP contribution in [0.4, 0.5) is 4.39 Å². The minimum Gasteiger partial charge on any atom is -0.481 e. The van der Waals surface area contributed by atoms with E-state index in [1.807, 2.05) is 29.7 Å². The lowest BCUT2D eigenvalue weighted by Gasteiger charge is -2.16. The van der Waals surface area contributed by atoms with Gasteiger partial charge in [-0.05, 0) is 36.8 Å². The first-order valence-corrected chi connectivity index (χ1v) is 9.77. The maximum Gasteiger partial charge on any atom is 0.191 e. The summed E-state index contributed by atoms with van der Waals surface area (Å²) in [5.41, 5.74) is 1.01. The van der Waals surface area contributed by atoms with Gasteiger partial charge in [0.2, 0.25) is 0 Å². The van der Waals surface area contributed by atoms with Gasteiger partial charge in [-0.15, -0.1) is 16.8 Å². The van der Waals surface area contributed by atoms with E-state index in [0.717, 1.165) is 10.7 Å². The minimum absolute atomic E-state index is 0.244. The second-order valence-corrected chi connectivity index (χ2v) is 7.20. The van der Waals surface area contributed by atoms with Gasteiger partial charge < -0.3 is 4.74 Å². The predicted molar refractivity (Wildman–Crippen MR) is 107 cm³/mol. The van der Waals surface area contributed by atoms with E-state index in [-0.39, 0.29) is 11.9 Å². The van der Waals surface area contributed by atoms with Gasteiger partial charge in [0, 0.05) is 12.3 Å². The van der Waals surface area contributed by atoms with Crippen LogP contribution in [0.1, 0.15) is 24.4 Å². The molecular weight excluding hydrogens is 385 g/mol. The lowest BCUT2D eigenvalue weighted by atomic mass is 10.2. The molecule has 2 aromatic carbocycles. The number of hydrogen-bond donors (Lipinski definition) is 0. The van der Waals surface area contributed by atoms with Crippen LogP contribution < -0.4 is 4.74 Å². The molecule has 0 spiro atoms. The second-order valence-electron chi connectivity index (χ2n) is 5.85. The van der Waals surface area contributed by atoms with E-state index in [9.17, 15) is 4.39 Å². The number of aromatic nitrogens is 3. The summed E-state index contributed by atoms with van der Waals surface area (Å²) in [6, 6.07) is 13.8. The zero-order valence-corrected chi connectivity index (χ0v) is 16.4. The predicted octanol–water partition coefficient (Wildman–Crippen LogP) is 5.69. The van der Waals surface area contributed by atoms with Gasteiger partial charge in [0.05, 0.1) is 5.02 Å². The highest BCUT2D eigenvalue weighted by molar-refractivity contribution is 7.98. The molecule has 0 aliphatic heterocycles. The average Bonchev–Trinajstić information content (AvgIpc) is 3.06. The van der Waals surface area contributed by atoms with E-state index >= 15 is 0 Å². The van der Waals surface area contributed by atoms with Gasteiger partial charge in [0.25, 0.3) is 0 Å². The molecule has 0 aliphatic carbocycles. The Labute approximate surface area is 167 Å². The number of para-hydroxylation sites is 1. The van der Waals surface area contributed by atoms with Crippen LogP contribution in [0.25, 0.3) is 0 Å². The van der Waals surface area contributed by atoms with Gasteiger partial charge >= 0.3 is 0 Å². The van der Waals surface area contributed by atoms with Crippen LogP contribution in [-0.2, 0) is 12.3 Å². The van der Waals surface area contributed by atoms with Gasteiger partial charge in [0.1, 0.15) is 11.6 Å². The smallest absolute Gasteiger partial charge is 0.191 e. The Kier molecular flexibility index (Phi) is 6.53. The van der Waals surface area contributed by atoms with Crippen LogP contribution in [0.2, 0.25) is 5.02 Å². The number of thioether (sulfide) groups is 1. The maximum atomic E-state index is 13.0. The molecule has 1 unspecified atom stereocenters. The maximum absolute atomic E-state index is 13.0. The number of allylic oxidation sites excluding steroid dienone is 1. The highest BCUT2D eigenvalue weighted by Gasteiger charge is 2.19. The Morgan fingerprint density at radius 1 is 1.22 bits per heavy atom. The third kappa shape index (κ3) is 4.90. The van der Waals surface area contributed by atoms with E-state index in [1.54, 1.807) is 24.3 Å². The van der Waals surface area contributed by atoms with Gasteiger partial charge in [-0.2, -0.15) is 0 Å². The molecule has 0 bridgehead atoms. The van der Waals surface area contributed by atoms with Crippen molar-refractivity contribution in [1.29, 1.82) is 0 Å². The van der Waals surface area contributed by atoms with E-state index in [0.29, 0.717) is 28.9 Å². The number of ether oxygens (including phenoxy) is 1.